The van der Waals surface area contributed by atoms with Crippen LogP contribution in [-0.2, 0) is 0 Å². The van der Waals surface area contributed by atoms with Crippen molar-refractivity contribution in [3.05, 3.63) is 83.4 Å². The van der Waals surface area contributed by atoms with E-state index in [0.717, 1.165) is 5.71 Å². The van der Waals surface area contributed by atoms with Gasteiger partial charge in [-0.2, -0.15) is 0 Å². The zero-order valence-electron chi connectivity index (χ0n) is 17.2. The van der Waals surface area contributed by atoms with Crippen molar-refractivity contribution in [1.29, 1.82) is 0 Å². The molecule has 1 aliphatic rings. The summed E-state index contributed by atoms with van der Waals surface area (Å²) < 4.78 is 0. The summed E-state index contributed by atoms with van der Waals surface area (Å²) >= 11 is 0. The van der Waals surface area contributed by atoms with Crippen LogP contribution >= 0.6 is 0 Å². The molecule has 3 atom stereocenters. The van der Waals surface area contributed by atoms with E-state index in [4.69, 9.17) is 0 Å². The van der Waals surface area contributed by atoms with Crippen molar-refractivity contribution >= 4 is 16.5 Å². The molecule has 0 bridgehead atoms. The molecule has 1 saturated carbocycles. The normalized spacial score (nSPS) is 21.2. The van der Waals surface area contributed by atoms with E-state index in [1.54, 1.807) is 0 Å². The number of aliphatic imine (C=N–C) groups is 1. The van der Waals surface area contributed by atoms with Crippen LogP contribution in [-0.4, -0.2) is 18.8 Å². The van der Waals surface area contributed by atoms with Crippen molar-refractivity contribution in [3.63, 3.8) is 0 Å². The molecule has 144 valence electrons. The number of nitrogens with zero attached hydrogens (tertiary/aromatic N) is 1. The summed E-state index contributed by atoms with van der Waals surface area (Å²) in [7, 11) is 1.87. The quantitative estimate of drug-likeness (QED) is 0.526. The van der Waals surface area contributed by atoms with Crippen LogP contribution in [0, 0.1) is 0 Å². The summed E-state index contributed by atoms with van der Waals surface area (Å²) in [5, 5.41) is 6.60. The molecule has 1 N–H and O–H groups in total. The van der Waals surface area contributed by atoms with Gasteiger partial charge in [0.25, 0.3) is 0 Å². The largest absolute Gasteiger partial charge is 0.307 e. The lowest BCUT2D eigenvalue weighted by molar-refractivity contribution is 0.459. The highest BCUT2D eigenvalue weighted by molar-refractivity contribution is 5.98. The van der Waals surface area contributed by atoms with E-state index in [9.17, 15) is 0 Å². The van der Waals surface area contributed by atoms with Crippen LogP contribution < -0.4 is 5.32 Å². The maximum Gasteiger partial charge on any atom is 0.0386 e. The molecule has 0 spiro atoms. The van der Waals surface area contributed by atoms with E-state index in [0.29, 0.717) is 18.0 Å². The van der Waals surface area contributed by atoms with Crippen LogP contribution in [0.3, 0.4) is 0 Å². The first-order valence-corrected chi connectivity index (χ1v) is 10.4. The Bertz CT molecular complexity index is 983. The summed E-state index contributed by atoms with van der Waals surface area (Å²) in [6.45, 7) is 4.39. The van der Waals surface area contributed by atoms with E-state index in [-0.39, 0.29) is 0 Å². The molecular weight excluding hydrogens is 340 g/mol. The topological polar surface area (TPSA) is 24.4 Å². The summed E-state index contributed by atoms with van der Waals surface area (Å²) in [6.07, 6.45) is 3.71. The summed E-state index contributed by atoms with van der Waals surface area (Å²) in [5.74, 6) is 0.641. The van der Waals surface area contributed by atoms with Gasteiger partial charge in [-0.05, 0) is 72.6 Å². The Morgan fingerprint density at radius 3 is 2.64 bits per heavy atom. The average Bonchev–Trinajstić information content (AvgIpc) is 3.21. The Morgan fingerprint density at radius 1 is 1.00 bits per heavy atom. The Labute approximate surface area is 168 Å². The Hall–Kier alpha value is -2.45. The second kappa shape index (κ2) is 8.28. The first kappa shape index (κ1) is 18.9. The fourth-order valence-corrected chi connectivity index (χ4v) is 4.65. The molecule has 0 saturated heterocycles. The summed E-state index contributed by atoms with van der Waals surface area (Å²) in [4.78, 5) is 4.34. The third-order valence-corrected chi connectivity index (χ3v) is 6.32. The van der Waals surface area contributed by atoms with Crippen molar-refractivity contribution < 1.29 is 0 Å². The van der Waals surface area contributed by atoms with Gasteiger partial charge in [-0.3, -0.25) is 4.99 Å². The smallest absolute Gasteiger partial charge is 0.0386 e. The van der Waals surface area contributed by atoms with Crippen LogP contribution in [0.25, 0.3) is 10.8 Å². The molecule has 0 radical (unpaired) electrons. The predicted octanol–water partition coefficient (Wildman–Crippen LogP) is 6.27. The third kappa shape index (κ3) is 3.88. The van der Waals surface area contributed by atoms with Crippen molar-refractivity contribution in [2.24, 2.45) is 4.99 Å². The molecule has 2 heteroatoms. The molecule has 1 fully saturated rings. The first-order chi connectivity index (χ1) is 13.7. The maximum atomic E-state index is 4.34. The summed E-state index contributed by atoms with van der Waals surface area (Å²) in [5.41, 5.74) is 5.22. The van der Waals surface area contributed by atoms with Gasteiger partial charge >= 0.3 is 0 Å². The van der Waals surface area contributed by atoms with Crippen molar-refractivity contribution in [2.45, 2.75) is 51.1 Å². The van der Waals surface area contributed by atoms with E-state index in [2.05, 4.69) is 90.9 Å². The fourth-order valence-electron chi connectivity index (χ4n) is 4.65. The zero-order chi connectivity index (χ0) is 19.5. The Morgan fingerprint density at radius 2 is 1.79 bits per heavy atom. The van der Waals surface area contributed by atoms with E-state index in [1.807, 2.05) is 7.05 Å². The third-order valence-electron chi connectivity index (χ3n) is 6.32. The van der Waals surface area contributed by atoms with E-state index in [1.165, 1.54) is 46.7 Å². The van der Waals surface area contributed by atoms with E-state index >= 15 is 0 Å². The van der Waals surface area contributed by atoms with Gasteiger partial charge in [-0.15, -0.1) is 0 Å². The van der Waals surface area contributed by atoms with Crippen LogP contribution in [0.5, 0.6) is 0 Å². The SMILES string of the molecule is C/N=C(\C)c1cccc([C@@H]2CC[C@H](N[C@H](C)c3cccc4ccccc34)C2)c1. The minimum atomic E-state index is 0.357. The highest BCUT2D eigenvalue weighted by Crippen LogP contribution is 2.36. The molecule has 3 aromatic rings. The molecule has 2 nitrogen and oxygen atoms in total. The number of hydrogen-bond acceptors (Lipinski definition) is 2. The lowest BCUT2D eigenvalue weighted by Crippen LogP contribution is -2.29. The highest BCUT2D eigenvalue weighted by atomic mass is 14.9. The monoisotopic (exact) mass is 370 g/mol. The second-order valence-corrected chi connectivity index (χ2v) is 8.10. The molecule has 0 amide bonds. The minimum absolute atomic E-state index is 0.357. The van der Waals surface area contributed by atoms with Crippen LogP contribution in [0.15, 0.2) is 71.7 Å². The molecule has 0 heterocycles. The number of nitrogens with one attached hydrogen (secondary N) is 1. The second-order valence-electron chi connectivity index (χ2n) is 8.10. The van der Waals surface area contributed by atoms with Crippen LogP contribution in [0.4, 0.5) is 0 Å². The number of rotatable bonds is 5. The fraction of sp³-hybridized carbons (Fsp3) is 0.346. The molecule has 0 unspecified atom stereocenters. The molecule has 28 heavy (non-hydrogen) atoms. The van der Waals surface area contributed by atoms with Crippen molar-refractivity contribution in [1.82, 2.24) is 5.32 Å². The van der Waals surface area contributed by atoms with E-state index < -0.39 is 0 Å². The molecule has 4 rings (SSSR count). The highest BCUT2D eigenvalue weighted by Gasteiger charge is 2.27. The minimum Gasteiger partial charge on any atom is -0.307 e. The zero-order valence-corrected chi connectivity index (χ0v) is 17.2. The van der Waals surface area contributed by atoms with Gasteiger partial charge in [-0.25, -0.2) is 0 Å². The Balaban J connectivity index is 1.46. The predicted molar refractivity (Wildman–Crippen MR) is 120 cm³/mol. The maximum absolute atomic E-state index is 4.34. The van der Waals surface area contributed by atoms with Gasteiger partial charge in [0.1, 0.15) is 0 Å². The average molecular weight is 371 g/mol. The first-order valence-electron chi connectivity index (χ1n) is 10.4. The van der Waals surface area contributed by atoms with Crippen LogP contribution in [0.2, 0.25) is 0 Å². The van der Waals surface area contributed by atoms with Gasteiger partial charge < -0.3 is 5.32 Å². The van der Waals surface area contributed by atoms with Crippen molar-refractivity contribution in [2.75, 3.05) is 7.05 Å². The molecule has 3 aromatic carbocycles. The Kier molecular flexibility index (Phi) is 5.59. The lowest BCUT2D eigenvalue weighted by atomic mass is 9.94. The lowest BCUT2D eigenvalue weighted by Gasteiger charge is -2.21. The molecule has 0 aromatic heterocycles. The van der Waals surface area contributed by atoms with Gasteiger partial charge in [0.15, 0.2) is 0 Å². The number of benzene rings is 3. The van der Waals surface area contributed by atoms with Crippen LogP contribution in [0.1, 0.15) is 61.8 Å². The van der Waals surface area contributed by atoms with Gasteiger partial charge in [0, 0.05) is 24.8 Å². The molecule has 1 aliphatic carbocycles. The number of hydrogen-bond donors (Lipinski definition) is 1. The van der Waals surface area contributed by atoms with Crippen molar-refractivity contribution in [3.8, 4) is 0 Å². The van der Waals surface area contributed by atoms with Gasteiger partial charge in [0.2, 0.25) is 0 Å². The number of fused-ring (bicyclic) bond motifs is 1. The molecule has 0 aliphatic heterocycles. The van der Waals surface area contributed by atoms with Gasteiger partial charge in [0.05, 0.1) is 0 Å². The van der Waals surface area contributed by atoms with Gasteiger partial charge in [-0.1, -0.05) is 60.7 Å². The summed E-state index contributed by atoms with van der Waals surface area (Å²) in [6, 6.07) is 25.2. The standard InChI is InChI=1S/C26H30N2/c1-18(27-3)21-10-6-11-22(16-21)23-14-15-24(17-23)28-19(2)25-13-7-9-20-8-4-5-12-26(20)25/h4-13,16,19,23-24,28H,14-15,17H2,1-3H3/b27-18+/t19-,23-,24+/m1/s1. The molecular formula is C26H30N2.